The largest absolute Gasteiger partial charge is 0.578 e. The predicted molar refractivity (Wildman–Crippen MR) is 55.2 cm³/mol. The smallest absolute Gasteiger partial charge is 0.374 e. The van der Waals surface area contributed by atoms with Crippen molar-refractivity contribution in [1.29, 1.82) is 0 Å². The maximum absolute atomic E-state index is 5.54. The lowest BCUT2D eigenvalue weighted by Gasteiger charge is -2.16. The Morgan fingerprint density at radius 3 is 2.53 bits per heavy atom. The zero-order valence-electron chi connectivity index (χ0n) is 9.52. The molecule has 1 saturated heterocycles. The van der Waals surface area contributed by atoms with Gasteiger partial charge in [0.1, 0.15) is 6.79 Å². The van der Waals surface area contributed by atoms with Crippen LogP contribution in [0.15, 0.2) is 0 Å². The molecular weight excluding hydrogens is 216 g/mol. The fraction of sp³-hybridized carbons (Fsp3) is 1.00. The van der Waals surface area contributed by atoms with Gasteiger partial charge in [0.25, 0.3) is 0 Å². The maximum Gasteiger partial charge on any atom is 0.578 e. The summed E-state index contributed by atoms with van der Waals surface area (Å²) in [5.41, 5.74) is 0. The number of hydrogen-bond acceptors (Lipinski definition) is 5. The molecule has 0 bridgehead atoms. The van der Waals surface area contributed by atoms with Gasteiger partial charge in [-0.3, -0.25) is 0 Å². The second-order valence-electron chi connectivity index (χ2n) is 3.31. The van der Waals surface area contributed by atoms with E-state index in [9.17, 15) is 0 Å². The molecule has 1 fully saturated rings. The Morgan fingerprint density at radius 2 is 2.07 bits per heavy atom. The molecule has 0 aromatic heterocycles. The van der Waals surface area contributed by atoms with E-state index in [0.717, 1.165) is 19.4 Å². The monoisotopic (exact) mass is 235 g/mol. The molecule has 0 aromatic rings. The molecule has 5 nitrogen and oxygen atoms in total. The van der Waals surface area contributed by atoms with Crippen LogP contribution < -0.4 is 0 Å². The van der Waals surface area contributed by atoms with Gasteiger partial charge in [0.05, 0.1) is 18.8 Å². The molecular formula is C9H19O5Si. The van der Waals surface area contributed by atoms with E-state index in [4.69, 9.17) is 22.8 Å². The van der Waals surface area contributed by atoms with E-state index in [-0.39, 0.29) is 12.9 Å². The van der Waals surface area contributed by atoms with Crippen molar-refractivity contribution in [3.05, 3.63) is 0 Å². The third-order valence-corrected chi connectivity index (χ3v) is 3.22. The van der Waals surface area contributed by atoms with Gasteiger partial charge in [0.15, 0.2) is 0 Å². The van der Waals surface area contributed by atoms with Crippen LogP contribution in [-0.2, 0) is 22.8 Å². The molecule has 0 saturated carbocycles. The normalized spacial score (nSPS) is 22.0. The van der Waals surface area contributed by atoms with Crippen LogP contribution in [0.5, 0.6) is 0 Å². The van der Waals surface area contributed by atoms with E-state index in [1.807, 2.05) is 0 Å². The molecule has 6 heteroatoms. The quantitative estimate of drug-likeness (QED) is 0.336. The summed E-state index contributed by atoms with van der Waals surface area (Å²) in [6.45, 7) is 3.18. The predicted octanol–water partition coefficient (Wildman–Crippen LogP) is 0.822. The summed E-state index contributed by atoms with van der Waals surface area (Å²) in [6.07, 6.45) is 2.51. The first-order valence-corrected chi connectivity index (χ1v) is 6.33. The first kappa shape index (κ1) is 13.1. The molecule has 1 heterocycles. The summed E-state index contributed by atoms with van der Waals surface area (Å²) in [5.74, 6) is 0. The summed E-state index contributed by atoms with van der Waals surface area (Å²) in [6, 6.07) is 0. The Bertz CT molecular complexity index is 161. The van der Waals surface area contributed by atoms with Crippen molar-refractivity contribution in [3.63, 3.8) is 0 Å². The van der Waals surface area contributed by atoms with Gasteiger partial charge < -0.3 is 22.8 Å². The van der Waals surface area contributed by atoms with Crippen LogP contribution in [0, 0.1) is 0 Å². The highest BCUT2D eigenvalue weighted by molar-refractivity contribution is 6.36. The summed E-state index contributed by atoms with van der Waals surface area (Å²) >= 11 is 0. The molecule has 0 N–H and O–H groups in total. The lowest BCUT2D eigenvalue weighted by Crippen LogP contribution is -2.27. The number of epoxide rings is 1. The summed E-state index contributed by atoms with van der Waals surface area (Å²) in [4.78, 5) is 0. The van der Waals surface area contributed by atoms with Gasteiger partial charge in [-0.15, -0.1) is 0 Å². The number of ether oxygens (including phenoxy) is 2. The second-order valence-corrected chi connectivity index (χ2v) is 4.91. The SMILES string of the molecule is CCC(CC1CO1)OCO[Si](OC)OC. The van der Waals surface area contributed by atoms with Crippen molar-refractivity contribution < 1.29 is 22.8 Å². The first-order valence-electron chi connectivity index (χ1n) is 5.11. The van der Waals surface area contributed by atoms with Gasteiger partial charge >= 0.3 is 9.53 Å². The summed E-state index contributed by atoms with van der Waals surface area (Å²) < 4.78 is 25.9. The van der Waals surface area contributed by atoms with Crippen molar-refractivity contribution in [1.82, 2.24) is 0 Å². The van der Waals surface area contributed by atoms with Crippen LogP contribution in [0.2, 0.25) is 0 Å². The average Bonchev–Trinajstić information content (AvgIpc) is 3.06. The molecule has 1 aliphatic heterocycles. The lowest BCUT2D eigenvalue weighted by atomic mass is 10.1. The fourth-order valence-electron chi connectivity index (χ4n) is 1.23. The highest BCUT2D eigenvalue weighted by Crippen LogP contribution is 2.19. The molecule has 1 radical (unpaired) electrons. The average molecular weight is 235 g/mol. The van der Waals surface area contributed by atoms with E-state index in [0.29, 0.717) is 6.10 Å². The third kappa shape index (κ3) is 5.60. The van der Waals surface area contributed by atoms with Crippen LogP contribution >= 0.6 is 0 Å². The van der Waals surface area contributed by atoms with Crippen molar-refractivity contribution in [3.8, 4) is 0 Å². The van der Waals surface area contributed by atoms with Gasteiger partial charge in [-0.25, -0.2) is 0 Å². The minimum Gasteiger partial charge on any atom is -0.374 e. The zero-order chi connectivity index (χ0) is 11.1. The Balaban J connectivity index is 2.04. The van der Waals surface area contributed by atoms with E-state index in [2.05, 4.69) is 6.92 Å². The Hall–Kier alpha value is 0.0169. The lowest BCUT2D eigenvalue weighted by molar-refractivity contribution is -0.0644. The molecule has 15 heavy (non-hydrogen) atoms. The first-order chi connectivity index (χ1) is 7.30. The standard InChI is InChI=1S/C9H19O5Si/c1-4-8(5-9-6-12-9)13-7-14-15(10-2)11-3/h8-9H,4-7H2,1-3H3. The van der Waals surface area contributed by atoms with Gasteiger partial charge in [-0.2, -0.15) is 0 Å². The zero-order valence-corrected chi connectivity index (χ0v) is 10.5. The Kier molecular flexibility index (Phi) is 6.38. The molecule has 0 amide bonds. The van der Waals surface area contributed by atoms with Crippen LogP contribution in [-0.4, -0.2) is 49.4 Å². The van der Waals surface area contributed by atoms with Crippen LogP contribution in [0.1, 0.15) is 19.8 Å². The maximum atomic E-state index is 5.54. The molecule has 2 unspecified atom stereocenters. The van der Waals surface area contributed by atoms with E-state index in [1.54, 1.807) is 14.2 Å². The number of rotatable bonds is 9. The molecule has 0 aromatic carbocycles. The molecule has 0 spiro atoms. The molecule has 0 aliphatic carbocycles. The Labute approximate surface area is 92.6 Å². The van der Waals surface area contributed by atoms with Crippen LogP contribution in [0.4, 0.5) is 0 Å². The van der Waals surface area contributed by atoms with Gasteiger partial charge in [-0.1, -0.05) is 6.92 Å². The Morgan fingerprint density at radius 1 is 1.40 bits per heavy atom. The molecule has 1 aliphatic rings. The van der Waals surface area contributed by atoms with Crippen LogP contribution in [0.25, 0.3) is 0 Å². The molecule has 1 rings (SSSR count). The number of hydrogen-bond donors (Lipinski definition) is 0. The van der Waals surface area contributed by atoms with E-state index in [1.165, 1.54) is 0 Å². The van der Waals surface area contributed by atoms with Gasteiger partial charge in [0, 0.05) is 20.6 Å². The van der Waals surface area contributed by atoms with Crippen molar-refractivity contribution in [2.45, 2.75) is 32.0 Å². The van der Waals surface area contributed by atoms with Crippen LogP contribution in [0.3, 0.4) is 0 Å². The van der Waals surface area contributed by atoms with E-state index >= 15 is 0 Å². The molecule has 89 valence electrons. The minimum absolute atomic E-state index is 0.203. The fourth-order valence-corrected chi connectivity index (χ4v) is 1.80. The van der Waals surface area contributed by atoms with E-state index < -0.39 is 9.53 Å². The highest BCUT2D eigenvalue weighted by Gasteiger charge is 2.26. The molecule has 2 atom stereocenters. The summed E-state index contributed by atoms with van der Waals surface area (Å²) in [5, 5.41) is 0. The summed E-state index contributed by atoms with van der Waals surface area (Å²) in [7, 11) is 1.53. The van der Waals surface area contributed by atoms with Crippen molar-refractivity contribution in [2.24, 2.45) is 0 Å². The van der Waals surface area contributed by atoms with Gasteiger partial charge in [0.2, 0.25) is 0 Å². The minimum atomic E-state index is -1.60. The highest BCUT2D eigenvalue weighted by atomic mass is 28.3. The topological polar surface area (TPSA) is 49.5 Å². The third-order valence-electron chi connectivity index (χ3n) is 2.20. The van der Waals surface area contributed by atoms with Crippen molar-refractivity contribution >= 4 is 9.53 Å². The van der Waals surface area contributed by atoms with Gasteiger partial charge in [-0.05, 0) is 6.42 Å². The van der Waals surface area contributed by atoms with Crippen molar-refractivity contribution in [2.75, 3.05) is 27.6 Å². The second kappa shape index (κ2) is 7.32.